The second-order valence-corrected chi connectivity index (χ2v) is 7.55. The lowest BCUT2D eigenvalue weighted by molar-refractivity contribution is 0.0130. The molecule has 0 radical (unpaired) electrons. The molecule has 0 aromatic heterocycles. The van der Waals surface area contributed by atoms with E-state index < -0.39 is 13.4 Å². The van der Waals surface area contributed by atoms with Crippen LogP contribution >= 0.6 is 7.82 Å². The maximum absolute atomic E-state index is 11.7. The van der Waals surface area contributed by atoms with Crippen molar-refractivity contribution < 1.29 is 18.9 Å². The second kappa shape index (κ2) is 9.30. The fourth-order valence-corrected chi connectivity index (χ4v) is 3.92. The van der Waals surface area contributed by atoms with Crippen molar-refractivity contribution in [2.45, 2.75) is 51.0 Å². The topological polar surface area (TPSA) is 66.8 Å². The number of phosphoric acid groups is 1. The average Bonchev–Trinajstić information content (AvgIpc) is 2.60. The molecule has 0 aliphatic heterocycles. The Morgan fingerprint density at radius 1 is 0.920 bits per heavy atom. The van der Waals surface area contributed by atoms with E-state index in [1.807, 2.05) is 60.7 Å². The third-order valence-corrected chi connectivity index (χ3v) is 5.03. The Kier molecular flexibility index (Phi) is 7.39. The number of unbranched alkanes of at least 4 members (excludes halogenated alkanes) is 2. The molecule has 2 aromatic rings. The lowest BCUT2D eigenvalue weighted by Gasteiger charge is -2.34. The molecule has 0 aliphatic rings. The smallest absolute Gasteiger partial charge is 0.303 e. The number of aryl methyl sites for hydroxylation is 1. The average molecular weight is 362 g/mol. The van der Waals surface area contributed by atoms with Crippen molar-refractivity contribution in [1.29, 1.82) is 0 Å². The van der Waals surface area contributed by atoms with Gasteiger partial charge in [0.2, 0.25) is 0 Å². The minimum Gasteiger partial charge on any atom is -0.303 e. The van der Waals surface area contributed by atoms with Crippen molar-refractivity contribution in [1.82, 2.24) is 0 Å². The van der Waals surface area contributed by atoms with E-state index in [4.69, 9.17) is 4.52 Å². The molecule has 136 valence electrons. The summed E-state index contributed by atoms with van der Waals surface area (Å²) in [6.45, 7) is 2.11. The molecule has 0 saturated heterocycles. The predicted molar refractivity (Wildman–Crippen MR) is 100 cm³/mol. The second-order valence-electron chi connectivity index (χ2n) is 6.38. The van der Waals surface area contributed by atoms with Crippen molar-refractivity contribution in [2.75, 3.05) is 0 Å². The summed E-state index contributed by atoms with van der Waals surface area (Å²) in [4.78, 5) is 19.1. The lowest BCUT2D eigenvalue weighted by atomic mass is 9.83. The van der Waals surface area contributed by atoms with Gasteiger partial charge in [-0.15, -0.1) is 0 Å². The van der Waals surface area contributed by atoms with Gasteiger partial charge in [0.25, 0.3) is 0 Å². The van der Waals surface area contributed by atoms with Gasteiger partial charge < -0.3 is 9.79 Å². The van der Waals surface area contributed by atoms with Crippen LogP contribution in [0.2, 0.25) is 0 Å². The van der Waals surface area contributed by atoms with E-state index in [1.165, 1.54) is 0 Å². The number of hydrogen-bond acceptors (Lipinski definition) is 2. The van der Waals surface area contributed by atoms with Crippen molar-refractivity contribution in [3.05, 3.63) is 71.8 Å². The van der Waals surface area contributed by atoms with Crippen LogP contribution in [0.3, 0.4) is 0 Å². The normalized spacial score (nSPS) is 14.2. The van der Waals surface area contributed by atoms with E-state index in [2.05, 4.69) is 6.92 Å². The van der Waals surface area contributed by atoms with Crippen LogP contribution < -0.4 is 0 Å². The first kappa shape index (κ1) is 19.9. The van der Waals surface area contributed by atoms with E-state index in [1.54, 1.807) is 0 Å². The van der Waals surface area contributed by atoms with Gasteiger partial charge in [0, 0.05) is 0 Å². The fraction of sp³-hybridized carbons (Fsp3) is 0.400. The fourth-order valence-electron chi connectivity index (χ4n) is 3.18. The van der Waals surface area contributed by atoms with Gasteiger partial charge in [-0.3, -0.25) is 4.52 Å². The van der Waals surface area contributed by atoms with E-state index in [-0.39, 0.29) is 0 Å². The standard InChI is InChI=1S/C20H27O4P/c1-2-3-10-16-20(24-25(21,22)23,19-13-8-5-9-14-19)17-15-18-11-6-4-7-12-18/h4-9,11-14H,2-3,10,15-17H2,1H3,(H2,21,22,23). The molecule has 4 nitrogen and oxygen atoms in total. The van der Waals surface area contributed by atoms with Crippen LogP contribution in [0, 0.1) is 0 Å². The van der Waals surface area contributed by atoms with Crippen LogP contribution in [0.15, 0.2) is 60.7 Å². The highest BCUT2D eigenvalue weighted by Crippen LogP contribution is 2.49. The Morgan fingerprint density at radius 2 is 1.52 bits per heavy atom. The van der Waals surface area contributed by atoms with E-state index in [9.17, 15) is 14.4 Å². The molecule has 0 saturated carbocycles. The first-order valence-electron chi connectivity index (χ1n) is 8.81. The number of hydrogen-bond donors (Lipinski definition) is 2. The molecule has 2 aromatic carbocycles. The minimum absolute atomic E-state index is 0.524. The van der Waals surface area contributed by atoms with Gasteiger partial charge in [-0.2, -0.15) is 0 Å². The molecule has 0 fully saturated rings. The van der Waals surface area contributed by atoms with Crippen molar-refractivity contribution in [3.8, 4) is 0 Å². The van der Waals surface area contributed by atoms with E-state index in [0.29, 0.717) is 19.3 Å². The summed E-state index contributed by atoms with van der Waals surface area (Å²) in [6, 6.07) is 19.4. The zero-order valence-electron chi connectivity index (χ0n) is 14.7. The Morgan fingerprint density at radius 3 is 2.08 bits per heavy atom. The Labute approximate surface area is 150 Å². The largest absolute Gasteiger partial charge is 0.470 e. The third-order valence-electron chi connectivity index (χ3n) is 4.44. The summed E-state index contributed by atoms with van der Waals surface area (Å²) in [5.41, 5.74) is 0.976. The number of phosphoric ester groups is 1. The molecule has 5 heteroatoms. The summed E-state index contributed by atoms with van der Waals surface area (Å²) in [5, 5.41) is 0. The van der Waals surface area contributed by atoms with Crippen LogP contribution in [0.4, 0.5) is 0 Å². The van der Waals surface area contributed by atoms with Crippen LogP contribution in [0.1, 0.15) is 50.2 Å². The SMILES string of the molecule is CCCCCC(CCc1ccccc1)(OP(=O)(O)O)c1ccccc1. The number of benzene rings is 2. The van der Waals surface area contributed by atoms with Gasteiger partial charge in [0.05, 0.1) is 0 Å². The molecule has 0 bridgehead atoms. The van der Waals surface area contributed by atoms with Crippen LogP contribution in [0.5, 0.6) is 0 Å². The molecule has 0 amide bonds. The zero-order valence-corrected chi connectivity index (χ0v) is 15.6. The van der Waals surface area contributed by atoms with Crippen LogP contribution in [0.25, 0.3) is 0 Å². The van der Waals surface area contributed by atoms with Gasteiger partial charge >= 0.3 is 7.82 Å². The molecule has 25 heavy (non-hydrogen) atoms. The summed E-state index contributed by atoms with van der Waals surface area (Å²) in [6.07, 6.45) is 4.71. The predicted octanol–water partition coefficient (Wildman–Crippen LogP) is 5.20. The minimum atomic E-state index is -4.62. The molecular formula is C20H27O4P. The number of rotatable bonds is 10. The van der Waals surface area contributed by atoms with E-state index in [0.717, 1.165) is 30.4 Å². The Bertz CT molecular complexity index is 669. The molecular weight excluding hydrogens is 335 g/mol. The van der Waals surface area contributed by atoms with Gasteiger partial charge in [0.15, 0.2) is 0 Å². The zero-order chi connectivity index (χ0) is 18.2. The lowest BCUT2D eigenvalue weighted by Crippen LogP contribution is -2.30. The highest BCUT2D eigenvalue weighted by molar-refractivity contribution is 7.46. The Balaban J connectivity index is 2.32. The molecule has 0 heterocycles. The van der Waals surface area contributed by atoms with Crippen LogP contribution in [-0.4, -0.2) is 9.79 Å². The molecule has 1 atom stereocenters. The summed E-state index contributed by atoms with van der Waals surface area (Å²) in [7, 11) is -4.62. The molecule has 2 N–H and O–H groups in total. The van der Waals surface area contributed by atoms with Crippen molar-refractivity contribution >= 4 is 7.82 Å². The van der Waals surface area contributed by atoms with Gasteiger partial charge in [-0.05, 0) is 30.4 Å². The highest BCUT2D eigenvalue weighted by atomic mass is 31.2. The summed E-state index contributed by atoms with van der Waals surface area (Å²) >= 11 is 0. The third kappa shape index (κ3) is 6.41. The van der Waals surface area contributed by atoms with Crippen LogP contribution in [-0.2, 0) is 21.1 Å². The molecule has 0 spiro atoms. The summed E-state index contributed by atoms with van der Waals surface area (Å²) in [5.74, 6) is 0. The van der Waals surface area contributed by atoms with Crippen molar-refractivity contribution in [3.63, 3.8) is 0 Å². The maximum atomic E-state index is 11.7. The quantitative estimate of drug-likeness (QED) is 0.450. The van der Waals surface area contributed by atoms with Gasteiger partial charge in [-0.1, -0.05) is 86.8 Å². The highest BCUT2D eigenvalue weighted by Gasteiger charge is 2.38. The van der Waals surface area contributed by atoms with Gasteiger partial charge in [-0.25, -0.2) is 4.57 Å². The van der Waals surface area contributed by atoms with E-state index >= 15 is 0 Å². The Hall–Kier alpha value is -1.45. The maximum Gasteiger partial charge on any atom is 0.470 e. The van der Waals surface area contributed by atoms with Crippen molar-refractivity contribution in [2.24, 2.45) is 0 Å². The summed E-state index contributed by atoms with van der Waals surface area (Å²) < 4.78 is 17.2. The molecule has 0 aliphatic carbocycles. The monoisotopic (exact) mass is 362 g/mol. The first-order valence-corrected chi connectivity index (χ1v) is 10.3. The first-order chi connectivity index (χ1) is 12.0. The molecule has 1 unspecified atom stereocenters. The van der Waals surface area contributed by atoms with Gasteiger partial charge in [0.1, 0.15) is 5.60 Å². The molecule has 2 rings (SSSR count).